The summed E-state index contributed by atoms with van der Waals surface area (Å²) in [6.07, 6.45) is -7.89. The van der Waals surface area contributed by atoms with Crippen LogP contribution in [0.5, 0.6) is 5.75 Å². The SMILES string of the molecule is CCC(=O)c1ccc(OC(F)(F)C2CCC(C)CC2)c(F)c1C(F)(F)F. The third-order valence-corrected chi connectivity index (χ3v) is 4.75. The zero-order chi connectivity index (χ0) is 19.7. The van der Waals surface area contributed by atoms with Gasteiger partial charge in [0, 0.05) is 12.0 Å². The number of hydrogen-bond acceptors (Lipinski definition) is 2. The Bertz CT molecular complexity index is 660. The fraction of sp³-hybridized carbons (Fsp3) is 0.611. The van der Waals surface area contributed by atoms with Gasteiger partial charge in [-0.25, -0.2) is 4.39 Å². The van der Waals surface area contributed by atoms with Crippen LogP contribution < -0.4 is 4.74 Å². The van der Waals surface area contributed by atoms with Gasteiger partial charge in [0.05, 0.1) is 5.92 Å². The molecular formula is C18H20F6O2. The number of ketones is 1. The lowest BCUT2D eigenvalue weighted by Gasteiger charge is -2.32. The molecule has 26 heavy (non-hydrogen) atoms. The van der Waals surface area contributed by atoms with Gasteiger partial charge in [0.1, 0.15) is 5.56 Å². The van der Waals surface area contributed by atoms with E-state index in [9.17, 15) is 31.1 Å². The zero-order valence-corrected chi connectivity index (χ0v) is 14.4. The molecule has 1 aromatic carbocycles. The molecule has 0 bridgehead atoms. The molecule has 1 fully saturated rings. The lowest BCUT2D eigenvalue weighted by Crippen LogP contribution is -2.37. The fourth-order valence-electron chi connectivity index (χ4n) is 3.16. The van der Waals surface area contributed by atoms with E-state index in [-0.39, 0.29) is 25.2 Å². The van der Waals surface area contributed by atoms with Crippen molar-refractivity contribution in [1.29, 1.82) is 0 Å². The van der Waals surface area contributed by atoms with Crippen LogP contribution in [0, 0.1) is 17.7 Å². The summed E-state index contributed by atoms with van der Waals surface area (Å²) in [5, 5.41) is 0. The molecule has 0 saturated heterocycles. The minimum Gasteiger partial charge on any atom is -0.429 e. The highest BCUT2D eigenvalue weighted by Gasteiger charge is 2.46. The molecule has 0 amide bonds. The summed E-state index contributed by atoms with van der Waals surface area (Å²) >= 11 is 0. The zero-order valence-electron chi connectivity index (χ0n) is 14.4. The van der Waals surface area contributed by atoms with Crippen LogP contribution in [0.4, 0.5) is 26.3 Å². The minimum absolute atomic E-state index is 0.147. The molecule has 1 aliphatic rings. The highest BCUT2D eigenvalue weighted by atomic mass is 19.4. The van der Waals surface area contributed by atoms with Gasteiger partial charge in [0.25, 0.3) is 0 Å². The van der Waals surface area contributed by atoms with Crippen LogP contribution in [0.25, 0.3) is 0 Å². The number of hydrogen-bond donors (Lipinski definition) is 0. The molecule has 2 rings (SSSR count). The summed E-state index contributed by atoms with van der Waals surface area (Å²) in [6.45, 7) is 3.25. The highest BCUT2D eigenvalue weighted by Crippen LogP contribution is 2.43. The van der Waals surface area contributed by atoms with Gasteiger partial charge in [-0.05, 0) is 30.9 Å². The Labute approximate surface area is 147 Å². The van der Waals surface area contributed by atoms with Crippen LogP contribution in [0.1, 0.15) is 61.9 Å². The first-order valence-corrected chi connectivity index (χ1v) is 8.47. The van der Waals surface area contributed by atoms with E-state index in [0.717, 1.165) is 0 Å². The number of Topliss-reactive ketones (excluding diaryl/α,β-unsaturated/α-hetero) is 1. The van der Waals surface area contributed by atoms with Crippen LogP contribution in [0.3, 0.4) is 0 Å². The standard InChI is InChI=1S/C18H20F6O2/c1-3-13(25)12-8-9-14(16(19)15(12)17(20,21)22)26-18(23,24)11-6-4-10(2)5-7-11/h8-11H,3-7H2,1-2H3. The second-order valence-electron chi connectivity index (χ2n) is 6.70. The van der Waals surface area contributed by atoms with E-state index in [4.69, 9.17) is 0 Å². The van der Waals surface area contributed by atoms with Gasteiger partial charge in [-0.3, -0.25) is 4.79 Å². The summed E-state index contributed by atoms with van der Waals surface area (Å²) in [5.41, 5.74) is -2.76. The van der Waals surface area contributed by atoms with E-state index < -0.39 is 46.7 Å². The molecule has 0 N–H and O–H groups in total. The third kappa shape index (κ3) is 4.32. The summed E-state index contributed by atoms with van der Waals surface area (Å²) in [4.78, 5) is 11.7. The van der Waals surface area contributed by atoms with E-state index >= 15 is 0 Å². The van der Waals surface area contributed by atoms with Crippen LogP contribution in [0.2, 0.25) is 0 Å². The smallest absolute Gasteiger partial charge is 0.420 e. The Balaban J connectivity index is 2.37. The van der Waals surface area contributed by atoms with Gasteiger partial charge in [0.2, 0.25) is 0 Å². The van der Waals surface area contributed by atoms with E-state index in [1.807, 2.05) is 6.92 Å². The van der Waals surface area contributed by atoms with Crippen LogP contribution >= 0.6 is 0 Å². The van der Waals surface area contributed by atoms with E-state index in [1.54, 1.807) is 0 Å². The number of halogens is 6. The molecule has 0 atom stereocenters. The maximum atomic E-state index is 14.4. The number of rotatable bonds is 5. The predicted octanol–water partition coefficient (Wildman–Crippen LogP) is 6.24. The Morgan fingerprint density at radius 2 is 1.69 bits per heavy atom. The maximum Gasteiger partial charge on any atom is 0.420 e. The summed E-state index contributed by atoms with van der Waals surface area (Å²) in [6, 6.07) is 1.35. The average molecular weight is 382 g/mol. The molecule has 2 nitrogen and oxygen atoms in total. The number of alkyl halides is 5. The van der Waals surface area contributed by atoms with Gasteiger partial charge in [-0.1, -0.05) is 26.7 Å². The molecule has 0 heterocycles. The fourth-order valence-corrected chi connectivity index (χ4v) is 3.16. The molecule has 0 aromatic heterocycles. The van der Waals surface area contributed by atoms with E-state index in [2.05, 4.69) is 4.74 Å². The van der Waals surface area contributed by atoms with Gasteiger partial charge >= 0.3 is 12.3 Å². The molecule has 0 radical (unpaired) electrons. The minimum atomic E-state index is -5.21. The number of carbonyl (C=O) groups excluding carboxylic acids is 1. The average Bonchev–Trinajstić information content (AvgIpc) is 2.54. The van der Waals surface area contributed by atoms with Gasteiger partial charge in [0.15, 0.2) is 17.3 Å². The molecule has 0 spiro atoms. The Morgan fingerprint density at radius 3 is 2.19 bits per heavy atom. The monoisotopic (exact) mass is 382 g/mol. The second-order valence-corrected chi connectivity index (χ2v) is 6.70. The molecular weight excluding hydrogens is 362 g/mol. The van der Waals surface area contributed by atoms with Gasteiger partial charge in [-0.15, -0.1) is 0 Å². The molecule has 0 aliphatic heterocycles. The molecule has 8 heteroatoms. The topological polar surface area (TPSA) is 26.3 Å². The van der Waals surface area contributed by atoms with Gasteiger partial charge in [-0.2, -0.15) is 22.0 Å². The quantitative estimate of drug-likeness (QED) is 0.445. The summed E-state index contributed by atoms with van der Waals surface area (Å²) in [5.74, 6) is -5.02. The molecule has 0 unspecified atom stereocenters. The summed E-state index contributed by atoms with van der Waals surface area (Å²) in [7, 11) is 0. The number of ether oxygens (including phenoxy) is 1. The maximum absolute atomic E-state index is 14.4. The number of benzene rings is 1. The first kappa shape index (κ1) is 20.6. The van der Waals surface area contributed by atoms with Crippen molar-refractivity contribution in [2.75, 3.05) is 0 Å². The first-order valence-electron chi connectivity index (χ1n) is 8.47. The highest BCUT2D eigenvalue weighted by molar-refractivity contribution is 5.97. The van der Waals surface area contributed by atoms with E-state index in [0.29, 0.717) is 25.0 Å². The third-order valence-electron chi connectivity index (χ3n) is 4.75. The van der Waals surface area contributed by atoms with Crippen LogP contribution in [0.15, 0.2) is 12.1 Å². The Kier molecular flexibility index (Phi) is 5.92. The lowest BCUT2D eigenvalue weighted by molar-refractivity contribution is -0.224. The summed E-state index contributed by atoms with van der Waals surface area (Å²) < 4.78 is 86.9. The second kappa shape index (κ2) is 7.48. The van der Waals surface area contributed by atoms with Gasteiger partial charge < -0.3 is 4.74 Å². The Morgan fingerprint density at radius 1 is 1.12 bits per heavy atom. The van der Waals surface area contributed by atoms with Crippen molar-refractivity contribution in [2.24, 2.45) is 11.8 Å². The number of carbonyl (C=O) groups is 1. The van der Waals surface area contributed by atoms with E-state index in [1.165, 1.54) is 6.92 Å². The molecule has 1 saturated carbocycles. The van der Waals surface area contributed by atoms with Crippen molar-refractivity contribution in [3.8, 4) is 5.75 Å². The molecule has 146 valence electrons. The van der Waals surface area contributed by atoms with Crippen LogP contribution in [-0.2, 0) is 6.18 Å². The van der Waals surface area contributed by atoms with Crippen molar-refractivity contribution >= 4 is 5.78 Å². The van der Waals surface area contributed by atoms with Crippen molar-refractivity contribution in [3.63, 3.8) is 0 Å². The molecule has 1 aromatic rings. The lowest BCUT2D eigenvalue weighted by atomic mass is 9.82. The van der Waals surface area contributed by atoms with Crippen molar-refractivity contribution in [3.05, 3.63) is 29.1 Å². The first-order chi connectivity index (χ1) is 12.0. The van der Waals surface area contributed by atoms with Crippen LogP contribution in [-0.4, -0.2) is 11.9 Å². The van der Waals surface area contributed by atoms with Crippen molar-refractivity contribution < 1.29 is 35.9 Å². The molecule has 1 aliphatic carbocycles. The Hall–Kier alpha value is -1.73. The van der Waals surface area contributed by atoms with Crippen molar-refractivity contribution in [2.45, 2.75) is 58.2 Å². The predicted molar refractivity (Wildman–Crippen MR) is 82.7 cm³/mol. The normalized spacial score (nSPS) is 21.5. The largest absolute Gasteiger partial charge is 0.429 e. The van der Waals surface area contributed by atoms with Crippen molar-refractivity contribution in [1.82, 2.24) is 0 Å².